The van der Waals surface area contributed by atoms with Crippen LogP contribution in [0.15, 0.2) is 85.1 Å². The highest BCUT2D eigenvalue weighted by Crippen LogP contribution is 2.38. The largest absolute Gasteiger partial charge is 0.756 e. The van der Waals surface area contributed by atoms with Crippen LogP contribution in [-0.4, -0.2) is 68.5 Å². The lowest BCUT2D eigenvalue weighted by Gasteiger charge is -2.30. The molecule has 0 radical (unpaired) electrons. The Morgan fingerprint density at radius 3 is 1.31 bits per heavy atom. The molecular formula is C59H107N2O6P. The summed E-state index contributed by atoms with van der Waals surface area (Å²) in [5, 5.41) is 14.0. The first-order valence-electron chi connectivity index (χ1n) is 27.9. The average Bonchev–Trinajstić information content (AvgIpc) is 3.30. The number of aliphatic hydroxyl groups excluding tert-OH is 1. The second kappa shape index (κ2) is 49.7. The summed E-state index contributed by atoms with van der Waals surface area (Å²) in [6, 6.07) is -0.809. The van der Waals surface area contributed by atoms with Gasteiger partial charge in [-0.25, -0.2) is 0 Å². The van der Waals surface area contributed by atoms with Crippen LogP contribution in [-0.2, 0) is 18.4 Å². The predicted molar refractivity (Wildman–Crippen MR) is 293 cm³/mol. The molecule has 0 aliphatic heterocycles. The van der Waals surface area contributed by atoms with E-state index < -0.39 is 20.0 Å². The van der Waals surface area contributed by atoms with Crippen LogP contribution in [0.4, 0.5) is 0 Å². The van der Waals surface area contributed by atoms with Crippen LogP contribution in [0, 0.1) is 0 Å². The van der Waals surface area contributed by atoms with Gasteiger partial charge in [-0.2, -0.15) is 0 Å². The van der Waals surface area contributed by atoms with Crippen molar-refractivity contribution in [3.63, 3.8) is 0 Å². The number of nitrogens with zero attached hydrogens (tertiary/aromatic N) is 1. The Morgan fingerprint density at radius 1 is 0.529 bits per heavy atom. The minimum atomic E-state index is -4.58. The highest BCUT2D eigenvalue weighted by atomic mass is 31.2. The molecule has 0 aliphatic carbocycles. The number of quaternary nitrogens is 1. The van der Waals surface area contributed by atoms with Gasteiger partial charge >= 0.3 is 0 Å². The van der Waals surface area contributed by atoms with Gasteiger partial charge in [-0.05, 0) is 70.6 Å². The Balaban J connectivity index is 4.17. The molecule has 3 unspecified atom stereocenters. The number of amides is 1. The Labute approximate surface area is 420 Å². The van der Waals surface area contributed by atoms with E-state index in [1.807, 2.05) is 21.1 Å². The van der Waals surface area contributed by atoms with Crippen molar-refractivity contribution in [2.75, 3.05) is 40.9 Å². The summed E-state index contributed by atoms with van der Waals surface area (Å²) < 4.78 is 23.4. The van der Waals surface area contributed by atoms with Gasteiger partial charge in [0.15, 0.2) is 0 Å². The lowest BCUT2D eigenvalue weighted by atomic mass is 10.0. The maximum absolute atomic E-state index is 13.0. The molecule has 0 aromatic heterocycles. The summed E-state index contributed by atoms with van der Waals surface area (Å²) in [5.74, 6) is -0.174. The fourth-order valence-corrected chi connectivity index (χ4v) is 8.51. The SMILES string of the molecule is CC/C=C\C/C=C\C/C=C\C/C=C\C/C=C\C/C=C\C/C=C\CCCCCCCCCCCC(=O)NC(COP(=O)([O-])OCC[N+](C)(C)C)C(O)CCCCCCCCCCCCCCCCC. The molecule has 394 valence electrons. The van der Waals surface area contributed by atoms with Crippen LogP contribution in [0.2, 0.25) is 0 Å². The van der Waals surface area contributed by atoms with E-state index in [9.17, 15) is 19.4 Å². The molecular weight excluding hydrogens is 864 g/mol. The van der Waals surface area contributed by atoms with Crippen LogP contribution < -0.4 is 10.2 Å². The molecule has 0 rings (SSSR count). The zero-order valence-corrected chi connectivity index (χ0v) is 45.7. The van der Waals surface area contributed by atoms with Crippen molar-refractivity contribution in [2.45, 2.75) is 244 Å². The molecule has 2 N–H and O–H groups in total. The summed E-state index contributed by atoms with van der Waals surface area (Å²) >= 11 is 0. The Kier molecular flexibility index (Phi) is 48.0. The number of likely N-dealkylation sites (N-methyl/N-ethyl adjacent to an activating group) is 1. The molecule has 0 aliphatic rings. The number of aliphatic hydroxyl groups is 1. The highest BCUT2D eigenvalue weighted by Gasteiger charge is 2.24. The van der Waals surface area contributed by atoms with E-state index >= 15 is 0 Å². The standard InChI is InChI=1S/C59H107N2O6P/c1-6-8-10-12-14-16-18-20-22-23-24-25-26-27-28-29-30-31-32-33-34-35-36-37-39-41-43-45-47-49-51-53-59(63)60-57(56-67-68(64,65)66-55-54-61(3,4)5)58(62)52-50-48-46-44-42-40-38-21-19-17-15-13-11-9-7-2/h8,10,14,16,20,22,24-25,27-28,30-31,33-34,57-58,62H,6-7,9,11-13,15,17-19,21,23,26,29,32,35-56H2,1-5H3,(H-,60,63,64,65)/b10-8-,16-14-,22-20-,25-24-,28-27-,31-30-,34-33-. The molecule has 0 fully saturated rings. The molecule has 0 saturated carbocycles. The highest BCUT2D eigenvalue weighted by molar-refractivity contribution is 7.45. The number of phosphoric ester groups is 1. The number of hydrogen-bond donors (Lipinski definition) is 2. The fraction of sp³-hybridized carbons (Fsp3) is 0.746. The molecule has 0 saturated heterocycles. The Morgan fingerprint density at radius 2 is 0.897 bits per heavy atom. The number of allylic oxidation sites excluding steroid dienone is 14. The van der Waals surface area contributed by atoms with Gasteiger partial charge in [-0.15, -0.1) is 0 Å². The number of rotatable bonds is 50. The zero-order valence-electron chi connectivity index (χ0n) is 44.8. The molecule has 0 aromatic carbocycles. The second-order valence-electron chi connectivity index (χ2n) is 19.9. The van der Waals surface area contributed by atoms with Crippen molar-refractivity contribution < 1.29 is 32.9 Å². The lowest BCUT2D eigenvalue weighted by Crippen LogP contribution is -2.46. The monoisotopic (exact) mass is 971 g/mol. The fourth-order valence-electron chi connectivity index (χ4n) is 7.79. The number of unbranched alkanes of at least 4 members (excludes halogenated alkanes) is 23. The lowest BCUT2D eigenvalue weighted by molar-refractivity contribution is -0.870. The summed E-state index contributed by atoms with van der Waals surface area (Å²) in [5.41, 5.74) is 0. The first-order valence-corrected chi connectivity index (χ1v) is 29.4. The van der Waals surface area contributed by atoms with Gasteiger partial charge in [-0.3, -0.25) is 9.36 Å². The van der Waals surface area contributed by atoms with Crippen LogP contribution in [0.5, 0.6) is 0 Å². The molecule has 9 heteroatoms. The van der Waals surface area contributed by atoms with Crippen LogP contribution >= 0.6 is 7.82 Å². The molecule has 68 heavy (non-hydrogen) atoms. The smallest absolute Gasteiger partial charge is 0.268 e. The maximum Gasteiger partial charge on any atom is 0.268 e. The van der Waals surface area contributed by atoms with Crippen LogP contribution in [0.3, 0.4) is 0 Å². The zero-order chi connectivity index (χ0) is 49.9. The van der Waals surface area contributed by atoms with E-state index in [-0.39, 0.29) is 19.1 Å². The Hall–Kier alpha value is -2.32. The van der Waals surface area contributed by atoms with E-state index in [2.05, 4.69) is 104 Å². The molecule has 0 heterocycles. The second-order valence-corrected chi connectivity index (χ2v) is 21.3. The molecule has 0 bridgehead atoms. The third-order valence-electron chi connectivity index (χ3n) is 12.1. The summed E-state index contributed by atoms with van der Waals surface area (Å²) in [6.07, 6.45) is 68.9. The number of phosphoric acid groups is 1. The minimum absolute atomic E-state index is 0.00736. The van der Waals surface area contributed by atoms with Gasteiger partial charge in [0.05, 0.1) is 39.9 Å². The average molecular weight is 971 g/mol. The third kappa shape index (κ3) is 51.5. The van der Waals surface area contributed by atoms with Crippen molar-refractivity contribution in [3.8, 4) is 0 Å². The van der Waals surface area contributed by atoms with E-state index in [0.29, 0.717) is 23.9 Å². The van der Waals surface area contributed by atoms with Gasteiger partial charge in [0.2, 0.25) is 5.91 Å². The van der Waals surface area contributed by atoms with E-state index in [1.165, 1.54) is 116 Å². The van der Waals surface area contributed by atoms with Crippen molar-refractivity contribution in [1.29, 1.82) is 0 Å². The van der Waals surface area contributed by atoms with Crippen molar-refractivity contribution >= 4 is 13.7 Å². The topological polar surface area (TPSA) is 108 Å². The van der Waals surface area contributed by atoms with Gasteiger partial charge < -0.3 is 28.8 Å². The predicted octanol–water partition coefficient (Wildman–Crippen LogP) is 16.2. The van der Waals surface area contributed by atoms with Crippen molar-refractivity contribution in [1.82, 2.24) is 5.32 Å². The number of hydrogen-bond acceptors (Lipinski definition) is 6. The molecule has 0 aromatic rings. The molecule has 1 amide bonds. The number of carbonyl (C=O) groups is 1. The van der Waals surface area contributed by atoms with Crippen LogP contribution in [0.25, 0.3) is 0 Å². The minimum Gasteiger partial charge on any atom is -0.756 e. The van der Waals surface area contributed by atoms with Crippen molar-refractivity contribution in [3.05, 3.63) is 85.1 Å². The first-order chi connectivity index (χ1) is 33.0. The molecule has 0 spiro atoms. The molecule has 3 atom stereocenters. The van der Waals surface area contributed by atoms with Gasteiger partial charge in [0, 0.05) is 6.42 Å². The summed E-state index contributed by atoms with van der Waals surface area (Å²) in [7, 11) is 1.29. The van der Waals surface area contributed by atoms with E-state index in [0.717, 1.165) is 89.9 Å². The molecule has 8 nitrogen and oxygen atoms in total. The Bertz CT molecular complexity index is 1380. The first kappa shape index (κ1) is 65.7. The van der Waals surface area contributed by atoms with Gasteiger partial charge in [0.25, 0.3) is 7.82 Å². The summed E-state index contributed by atoms with van der Waals surface area (Å²) in [6.45, 7) is 4.60. The third-order valence-corrected chi connectivity index (χ3v) is 13.1. The van der Waals surface area contributed by atoms with E-state index in [4.69, 9.17) is 9.05 Å². The summed E-state index contributed by atoms with van der Waals surface area (Å²) in [4.78, 5) is 25.5. The van der Waals surface area contributed by atoms with Crippen LogP contribution in [0.1, 0.15) is 232 Å². The quantitative estimate of drug-likeness (QED) is 0.0272. The van der Waals surface area contributed by atoms with Gasteiger partial charge in [-0.1, -0.05) is 240 Å². The number of carbonyl (C=O) groups excluding carboxylic acids is 1. The van der Waals surface area contributed by atoms with E-state index in [1.54, 1.807) is 0 Å². The van der Waals surface area contributed by atoms with Crippen molar-refractivity contribution in [2.24, 2.45) is 0 Å². The van der Waals surface area contributed by atoms with Gasteiger partial charge in [0.1, 0.15) is 13.2 Å². The number of nitrogens with one attached hydrogen (secondary N) is 1. The maximum atomic E-state index is 13.0. The normalized spacial score (nSPS) is 14.6.